The van der Waals surface area contributed by atoms with Gasteiger partial charge in [-0.25, -0.2) is 4.98 Å². The molecule has 0 aliphatic carbocycles. The molecule has 1 unspecified atom stereocenters. The normalized spacial score (nSPS) is 12.7. The topological polar surface area (TPSA) is 37.8 Å². The molecule has 0 spiro atoms. The Morgan fingerprint density at radius 1 is 1.16 bits per heavy atom. The Morgan fingerprint density at radius 2 is 2.05 bits per heavy atom. The van der Waals surface area contributed by atoms with Gasteiger partial charge in [0.25, 0.3) is 0 Å². The Labute approximate surface area is 116 Å². The zero-order valence-corrected chi connectivity index (χ0v) is 11.5. The fraction of sp³-hybridized carbons (Fsp3) is 0.200. The standard InChI is InChI=1S/C15H15N3S/c1-16-13(10-14-17-8-9-19-14)15-12-5-3-2-4-11(12)6-7-18-15/h2-9,13,16H,10H2,1H3. The number of hydrogen-bond donors (Lipinski definition) is 1. The number of nitrogens with one attached hydrogen (secondary N) is 1. The van der Waals surface area contributed by atoms with E-state index in [4.69, 9.17) is 0 Å². The average molecular weight is 269 g/mol. The fourth-order valence-corrected chi connectivity index (χ4v) is 2.95. The summed E-state index contributed by atoms with van der Waals surface area (Å²) in [5.41, 5.74) is 1.09. The van der Waals surface area contributed by atoms with Gasteiger partial charge in [0.05, 0.1) is 16.7 Å². The van der Waals surface area contributed by atoms with Crippen LogP contribution in [0.4, 0.5) is 0 Å². The summed E-state index contributed by atoms with van der Waals surface area (Å²) in [6.45, 7) is 0. The molecule has 3 rings (SSSR count). The van der Waals surface area contributed by atoms with E-state index in [1.807, 2.05) is 24.8 Å². The molecule has 0 saturated carbocycles. The van der Waals surface area contributed by atoms with Crippen molar-refractivity contribution in [3.63, 3.8) is 0 Å². The molecule has 19 heavy (non-hydrogen) atoms. The van der Waals surface area contributed by atoms with Gasteiger partial charge in [0, 0.05) is 29.6 Å². The van der Waals surface area contributed by atoms with Crippen LogP contribution in [-0.4, -0.2) is 17.0 Å². The third-order valence-electron chi connectivity index (χ3n) is 3.25. The second kappa shape index (κ2) is 5.47. The van der Waals surface area contributed by atoms with Crippen molar-refractivity contribution in [2.24, 2.45) is 0 Å². The highest BCUT2D eigenvalue weighted by molar-refractivity contribution is 7.09. The molecule has 0 amide bonds. The fourth-order valence-electron chi connectivity index (χ4n) is 2.28. The monoisotopic (exact) mass is 269 g/mol. The van der Waals surface area contributed by atoms with Crippen LogP contribution in [0.25, 0.3) is 10.8 Å². The van der Waals surface area contributed by atoms with Crippen molar-refractivity contribution in [3.8, 4) is 0 Å². The molecular weight excluding hydrogens is 254 g/mol. The van der Waals surface area contributed by atoms with Gasteiger partial charge in [-0.1, -0.05) is 24.3 Å². The number of fused-ring (bicyclic) bond motifs is 1. The molecular formula is C15H15N3S. The predicted molar refractivity (Wildman–Crippen MR) is 79.4 cm³/mol. The van der Waals surface area contributed by atoms with Crippen LogP contribution in [0.1, 0.15) is 16.7 Å². The Bertz CT molecular complexity index is 659. The molecule has 3 nitrogen and oxygen atoms in total. The summed E-state index contributed by atoms with van der Waals surface area (Å²) < 4.78 is 0. The minimum Gasteiger partial charge on any atom is -0.311 e. The van der Waals surface area contributed by atoms with Gasteiger partial charge in [-0.15, -0.1) is 11.3 Å². The van der Waals surface area contributed by atoms with E-state index >= 15 is 0 Å². The first-order valence-electron chi connectivity index (χ1n) is 6.28. The lowest BCUT2D eigenvalue weighted by Crippen LogP contribution is -2.20. The van der Waals surface area contributed by atoms with Crippen molar-refractivity contribution in [1.82, 2.24) is 15.3 Å². The number of thiazole rings is 1. The lowest BCUT2D eigenvalue weighted by atomic mass is 10.0. The van der Waals surface area contributed by atoms with E-state index in [0.29, 0.717) is 0 Å². The van der Waals surface area contributed by atoms with E-state index in [0.717, 1.165) is 17.1 Å². The second-order valence-corrected chi connectivity index (χ2v) is 5.37. The molecule has 4 heteroatoms. The number of pyridine rings is 1. The van der Waals surface area contributed by atoms with Gasteiger partial charge < -0.3 is 5.32 Å². The number of hydrogen-bond acceptors (Lipinski definition) is 4. The van der Waals surface area contributed by atoms with E-state index in [1.54, 1.807) is 11.3 Å². The van der Waals surface area contributed by atoms with E-state index in [2.05, 4.69) is 45.6 Å². The molecule has 1 atom stereocenters. The lowest BCUT2D eigenvalue weighted by Gasteiger charge is -2.16. The summed E-state index contributed by atoms with van der Waals surface area (Å²) in [4.78, 5) is 8.93. The van der Waals surface area contributed by atoms with Crippen molar-refractivity contribution in [3.05, 3.63) is 58.8 Å². The maximum absolute atomic E-state index is 4.57. The first kappa shape index (κ1) is 12.3. The zero-order chi connectivity index (χ0) is 13.1. The summed E-state index contributed by atoms with van der Waals surface area (Å²) in [6, 6.07) is 10.6. The van der Waals surface area contributed by atoms with Gasteiger partial charge in [-0.3, -0.25) is 4.98 Å². The lowest BCUT2D eigenvalue weighted by molar-refractivity contribution is 0.579. The molecule has 0 bridgehead atoms. The molecule has 1 N–H and O–H groups in total. The first-order chi connectivity index (χ1) is 9.38. The molecule has 2 heterocycles. The van der Waals surface area contributed by atoms with Crippen LogP contribution in [0.5, 0.6) is 0 Å². The van der Waals surface area contributed by atoms with Gasteiger partial charge in [-0.05, 0) is 18.5 Å². The van der Waals surface area contributed by atoms with Crippen LogP contribution in [0, 0.1) is 0 Å². The quantitative estimate of drug-likeness (QED) is 0.790. The summed E-state index contributed by atoms with van der Waals surface area (Å²) in [7, 11) is 1.97. The highest BCUT2D eigenvalue weighted by atomic mass is 32.1. The van der Waals surface area contributed by atoms with Gasteiger partial charge >= 0.3 is 0 Å². The van der Waals surface area contributed by atoms with Crippen LogP contribution < -0.4 is 5.32 Å². The highest BCUT2D eigenvalue weighted by Gasteiger charge is 2.15. The van der Waals surface area contributed by atoms with Crippen molar-refractivity contribution >= 4 is 22.1 Å². The van der Waals surface area contributed by atoms with Crippen LogP contribution >= 0.6 is 11.3 Å². The second-order valence-electron chi connectivity index (χ2n) is 4.39. The Kier molecular flexibility index (Phi) is 3.53. The summed E-state index contributed by atoms with van der Waals surface area (Å²) in [5, 5.41) is 8.94. The third-order valence-corrected chi connectivity index (χ3v) is 4.05. The first-order valence-corrected chi connectivity index (χ1v) is 7.15. The molecule has 0 aliphatic heterocycles. The summed E-state index contributed by atoms with van der Waals surface area (Å²) in [5.74, 6) is 0. The number of aromatic nitrogens is 2. The number of rotatable bonds is 4. The molecule has 1 aromatic carbocycles. The van der Waals surface area contributed by atoms with Crippen LogP contribution in [0.15, 0.2) is 48.1 Å². The van der Waals surface area contributed by atoms with Gasteiger partial charge in [0.15, 0.2) is 0 Å². The van der Waals surface area contributed by atoms with Gasteiger partial charge in [0.2, 0.25) is 0 Å². The third kappa shape index (κ3) is 2.50. The van der Waals surface area contributed by atoms with Crippen LogP contribution in [-0.2, 0) is 6.42 Å². The molecule has 0 aliphatic rings. The summed E-state index contributed by atoms with van der Waals surface area (Å²) >= 11 is 1.69. The van der Waals surface area contributed by atoms with Crippen molar-refractivity contribution < 1.29 is 0 Å². The largest absolute Gasteiger partial charge is 0.311 e. The van der Waals surface area contributed by atoms with E-state index in [9.17, 15) is 0 Å². The van der Waals surface area contributed by atoms with Gasteiger partial charge in [-0.2, -0.15) is 0 Å². The van der Waals surface area contributed by atoms with E-state index in [1.165, 1.54) is 10.8 Å². The Hall–Kier alpha value is -1.78. The van der Waals surface area contributed by atoms with Crippen molar-refractivity contribution in [2.75, 3.05) is 7.05 Å². The molecule has 0 saturated heterocycles. The van der Waals surface area contributed by atoms with Crippen molar-refractivity contribution in [2.45, 2.75) is 12.5 Å². The van der Waals surface area contributed by atoms with Crippen LogP contribution in [0.3, 0.4) is 0 Å². The van der Waals surface area contributed by atoms with E-state index < -0.39 is 0 Å². The highest BCUT2D eigenvalue weighted by Crippen LogP contribution is 2.24. The Balaban J connectivity index is 2.01. The number of likely N-dealkylation sites (N-methyl/N-ethyl adjacent to an activating group) is 1. The molecule has 2 aromatic heterocycles. The average Bonchev–Trinajstić information content (AvgIpc) is 2.97. The molecule has 0 radical (unpaired) electrons. The van der Waals surface area contributed by atoms with E-state index in [-0.39, 0.29) is 6.04 Å². The summed E-state index contributed by atoms with van der Waals surface area (Å²) in [6.07, 6.45) is 4.60. The zero-order valence-electron chi connectivity index (χ0n) is 10.7. The number of benzene rings is 1. The van der Waals surface area contributed by atoms with Crippen LogP contribution in [0.2, 0.25) is 0 Å². The minimum atomic E-state index is 0.192. The molecule has 3 aromatic rings. The smallest absolute Gasteiger partial charge is 0.0944 e. The predicted octanol–water partition coefficient (Wildman–Crippen LogP) is 3.19. The maximum atomic E-state index is 4.57. The molecule has 96 valence electrons. The van der Waals surface area contributed by atoms with Gasteiger partial charge in [0.1, 0.15) is 0 Å². The SMILES string of the molecule is CNC(Cc1nccs1)c1nccc2ccccc12. The molecule has 0 fully saturated rings. The number of nitrogens with zero attached hydrogens (tertiary/aromatic N) is 2. The Morgan fingerprint density at radius 3 is 2.84 bits per heavy atom. The van der Waals surface area contributed by atoms with Crippen molar-refractivity contribution in [1.29, 1.82) is 0 Å². The maximum Gasteiger partial charge on any atom is 0.0944 e. The minimum absolute atomic E-state index is 0.192.